The highest BCUT2D eigenvalue weighted by molar-refractivity contribution is 5.78. The van der Waals surface area contributed by atoms with Crippen LogP contribution in [0, 0.1) is 0 Å². The molecule has 0 heterocycles. The number of benzene rings is 1. The highest BCUT2D eigenvalue weighted by atomic mass is 19.1. The van der Waals surface area contributed by atoms with Gasteiger partial charge in [-0.05, 0) is 24.6 Å². The van der Waals surface area contributed by atoms with Crippen molar-refractivity contribution in [3.8, 4) is 5.75 Å². The van der Waals surface area contributed by atoms with E-state index in [9.17, 15) is 9.18 Å². The van der Waals surface area contributed by atoms with E-state index in [-0.39, 0.29) is 6.42 Å². The van der Waals surface area contributed by atoms with E-state index in [4.69, 9.17) is 15.6 Å². The molecule has 1 aromatic rings. The summed E-state index contributed by atoms with van der Waals surface area (Å²) in [7, 11) is 0. The molecule has 0 saturated carbocycles. The van der Waals surface area contributed by atoms with Crippen LogP contribution < -0.4 is 10.5 Å². The van der Waals surface area contributed by atoms with Crippen molar-refractivity contribution in [3.63, 3.8) is 0 Å². The van der Waals surface area contributed by atoms with Crippen molar-refractivity contribution in [1.82, 2.24) is 0 Å². The smallest absolute Gasteiger partial charge is 0.323 e. The first-order chi connectivity index (χ1) is 8.45. The van der Waals surface area contributed by atoms with Gasteiger partial charge < -0.3 is 15.6 Å². The summed E-state index contributed by atoms with van der Waals surface area (Å²) >= 11 is 0. The number of carboxylic acids is 1. The molecule has 0 aliphatic heterocycles. The van der Waals surface area contributed by atoms with Gasteiger partial charge in [-0.1, -0.05) is 12.1 Å². The molecule has 5 heteroatoms. The van der Waals surface area contributed by atoms with Crippen LogP contribution in [0.3, 0.4) is 0 Å². The van der Waals surface area contributed by atoms with Crippen molar-refractivity contribution in [1.29, 1.82) is 0 Å². The highest BCUT2D eigenvalue weighted by Gasteiger charge is 2.27. The van der Waals surface area contributed by atoms with E-state index < -0.39 is 18.2 Å². The molecule has 0 saturated heterocycles. The summed E-state index contributed by atoms with van der Waals surface area (Å²) in [5, 5.41) is 8.92. The molecular weight excluding hydrogens is 237 g/mol. The lowest BCUT2D eigenvalue weighted by Crippen LogP contribution is -2.46. The number of hydrogen-bond donors (Lipinski definition) is 2. The fraction of sp³-hybridized carbons (Fsp3) is 0.462. The molecule has 0 aliphatic carbocycles. The second-order valence-electron chi connectivity index (χ2n) is 4.43. The van der Waals surface area contributed by atoms with E-state index in [1.54, 1.807) is 24.3 Å². The third-order valence-electron chi connectivity index (χ3n) is 2.53. The summed E-state index contributed by atoms with van der Waals surface area (Å²) in [6, 6.07) is 6.98. The minimum absolute atomic E-state index is 0.243. The Morgan fingerprint density at radius 3 is 2.56 bits per heavy atom. The van der Waals surface area contributed by atoms with Crippen LogP contribution in [0.2, 0.25) is 0 Å². The van der Waals surface area contributed by atoms with Crippen molar-refractivity contribution in [2.75, 3.05) is 13.3 Å². The van der Waals surface area contributed by atoms with Crippen molar-refractivity contribution in [2.45, 2.75) is 25.3 Å². The van der Waals surface area contributed by atoms with Crippen molar-refractivity contribution >= 4 is 5.97 Å². The Kier molecular flexibility index (Phi) is 5.09. The molecule has 0 aromatic heterocycles. The number of alkyl halides is 1. The minimum Gasteiger partial charge on any atom is -0.494 e. The summed E-state index contributed by atoms with van der Waals surface area (Å²) in [6.45, 7) is 1.41. The predicted molar refractivity (Wildman–Crippen MR) is 66.5 cm³/mol. The fourth-order valence-electron chi connectivity index (χ4n) is 1.45. The van der Waals surface area contributed by atoms with Crippen LogP contribution in [0.4, 0.5) is 4.39 Å². The molecule has 1 atom stereocenters. The summed E-state index contributed by atoms with van der Waals surface area (Å²) < 4.78 is 17.2. The molecular formula is C13H18FNO3. The van der Waals surface area contributed by atoms with Crippen LogP contribution in [0.15, 0.2) is 24.3 Å². The number of carboxylic acid groups (broad SMARTS) is 1. The van der Waals surface area contributed by atoms with Crippen LogP contribution in [0.5, 0.6) is 5.75 Å². The molecule has 0 fully saturated rings. The number of halogens is 1. The Balaban J connectivity index is 2.57. The minimum atomic E-state index is -1.28. The number of nitrogens with two attached hydrogens (primary N) is 1. The summed E-state index contributed by atoms with van der Waals surface area (Å²) in [5.74, 6) is -0.396. The first-order valence-electron chi connectivity index (χ1n) is 5.75. The van der Waals surface area contributed by atoms with Gasteiger partial charge in [0.05, 0.1) is 13.3 Å². The third-order valence-corrected chi connectivity index (χ3v) is 2.53. The molecule has 3 N–H and O–H groups in total. The zero-order valence-electron chi connectivity index (χ0n) is 10.4. The van der Waals surface area contributed by atoms with E-state index in [0.29, 0.717) is 18.8 Å². The summed E-state index contributed by atoms with van der Waals surface area (Å²) in [4.78, 5) is 10.9. The van der Waals surface area contributed by atoms with Gasteiger partial charge in [-0.2, -0.15) is 0 Å². The van der Waals surface area contributed by atoms with Crippen LogP contribution >= 0.6 is 0 Å². The molecule has 4 nitrogen and oxygen atoms in total. The average molecular weight is 255 g/mol. The van der Waals surface area contributed by atoms with Crippen LogP contribution in [-0.2, 0) is 11.2 Å². The van der Waals surface area contributed by atoms with E-state index in [2.05, 4.69) is 0 Å². The van der Waals surface area contributed by atoms with Gasteiger partial charge in [0, 0.05) is 12.8 Å². The van der Waals surface area contributed by atoms with E-state index in [1.165, 1.54) is 6.92 Å². The molecule has 0 bridgehead atoms. The van der Waals surface area contributed by atoms with Gasteiger partial charge in [0.15, 0.2) is 0 Å². The number of rotatable bonds is 7. The van der Waals surface area contributed by atoms with Crippen molar-refractivity contribution in [2.24, 2.45) is 5.73 Å². The molecule has 0 spiro atoms. The SMILES string of the molecule is C[C@](N)(Cc1ccc(OCCC[19F])cc1)C(=O)O. The molecule has 0 amide bonds. The van der Waals surface area contributed by atoms with Gasteiger partial charge in [-0.15, -0.1) is 0 Å². The van der Waals surface area contributed by atoms with Gasteiger partial charge in [0.2, 0.25) is 0 Å². The molecule has 0 aliphatic rings. The fourth-order valence-corrected chi connectivity index (χ4v) is 1.45. The maximum atomic E-state index is 11.9. The Morgan fingerprint density at radius 1 is 1.44 bits per heavy atom. The normalized spacial score (nSPS) is 13.9. The largest absolute Gasteiger partial charge is 0.494 e. The Morgan fingerprint density at radius 2 is 2.06 bits per heavy atom. The molecule has 18 heavy (non-hydrogen) atoms. The van der Waals surface area contributed by atoms with Gasteiger partial charge in [-0.3, -0.25) is 9.18 Å². The Labute approximate surface area is 106 Å². The molecule has 0 unspecified atom stereocenters. The Bertz CT molecular complexity index is 390. The first-order valence-corrected chi connectivity index (χ1v) is 5.75. The van der Waals surface area contributed by atoms with Gasteiger partial charge in [0.25, 0.3) is 0 Å². The lowest BCUT2D eigenvalue weighted by Gasteiger charge is -2.19. The maximum Gasteiger partial charge on any atom is 0.323 e. The van der Waals surface area contributed by atoms with Crippen molar-refractivity contribution in [3.05, 3.63) is 29.8 Å². The highest BCUT2D eigenvalue weighted by Crippen LogP contribution is 2.16. The molecule has 1 rings (SSSR count). The predicted octanol–water partition coefficient (Wildman–Crippen LogP) is 1.77. The lowest BCUT2D eigenvalue weighted by molar-refractivity contribution is -0.142. The Hall–Kier alpha value is -1.62. The number of ether oxygens (including phenoxy) is 1. The number of hydrogen-bond acceptors (Lipinski definition) is 3. The zero-order valence-corrected chi connectivity index (χ0v) is 10.4. The maximum absolute atomic E-state index is 11.9. The van der Waals surface area contributed by atoms with Crippen LogP contribution in [0.1, 0.15) is 18.9 Å². The molecule has 1 aromatic carbocycles. The number of carbonyl (C=O) groups is 1. The van der Waals surface area contributed by atoms with Crippen LogP contribution in [0.25, 0.3) is 0 Å². The van der Waals surface area contributed by atoms with E-state index >= 15 is 0 Å². The first kappa shape index (κ1) is 14.4. The average Bonchev–Trinajstić information content (AvgIpc) is 2.31. The summed E-state index contributed by atoms with van der Waals surface area (Å²) in [6.07, 6.45) is 0.606. The van der Waals surface area contributed by atoms with Gasteiger partial charge in [-0.25, -0.2) is 0 Å². The second kappa shape index (κ2) is 6.35. The topological polar surface area (TPSA) is 72.5 Å². The monoisotopic (exact) mass is 255 g/mol. The van der Waals surface area contributed by atoms with E-state index in [1.807, 2.05) is 0 Å². The van der Waals surface area contributed by atoms with Gasteiger partial charge >= 0.3 is 5.97 Å². The lowest BCUT2D eigenvalue weighted by atomic mass is 9.94. The summed E-state index contributed by atoms with van der Waals surface area (Å²) in [5.41, 5.74) is 5.19. The van der Waals surface area contributed by atoms with E-state index in [0.717, 1.165) is 5.56 Å². The third kappa shape index (κ3) is 4.33. The van der Waals surface area contributed by atoms with Crippen molar-refractivity contribution < 1.29 is 19.0 Å². The zero-order chi connectivity index (χ0) is 13.6. The second-order valence-corrected chi connectivity index (χ2v) is 4.43. The molecule has 100 valence electrons. The molecule has 0 radical (unpaired) electrons. The number of aliphatic carboxylic acids is 1. The van der Waals surface area contributed by atoms with Crippen LogP contribution in [-0.4, -0.2) is 29.9 Å². The van der Waals surface area contributed by atoms with Gasteiger partial charge in [0.1, 0.15) is 11.3 Å². The standard InChI is InChI=1S/C13H18FNO3/c1-13(15,12(16)17)9-10-3-5-11(6-4-10)18-8-2-7-14/h3-6H,2,7-9,15H2,1H3,(H,16,17)/t13-/m0/s1/i14+0. The quantitative estimate of drug-likeness (QED) is 0.728.